The van der Waals surface area contributed by atoms with Crippen LogP contribution >= 0.6 is 0 Å². The van der Waals surface area contributed by atoms with Gasteiger partial charge in [-0.25, -0.2) is 8.42 Å². The van der Waals surface area contributed by atoms with Crippen molar-refractivity contribution < 1.29 is 8.42 Å². The Bertz CT molecular complexity index is 707. The van der Waals surface area contributed by atoms with E-state index in [4.69, 9.17) is 0 Å². The van der Waals surface area contributed by atoms with E-state index in [-0.39, 0.29) is 11.8 Å². The molecule has 0 fully saturated rings. The van der Waals surface area contributed by atoms with Gasteiger partial charge in [-0.3, -0.25) is 9.40 Å². The van der Waals surface area contributed by atoms with Gasteiger partial charge in [-0.1, -0.05) is 12.1 Å². The Balaban J connectivity index is 1.96. The fourth-order valence-corrected chi connectivity index (χ4v) is 2.68. The molecule has 0 spiro atoms. The van der Waals surface area contributed by atoms with Crippen LogP contribution in [-0.2, 0) is 23.6 Å². The molecule has 0 saturated heterocycles. The summed E-state index contributed by atoms with van der Waals surface area (Å²) in [5, 5.41) is 7.55. The largest absolute Gasteiger partial charge is 0.305 e. The first-order valence-electron chi connectivity index (χ1n) is 7.22. The average molecular weight is 322 g/mol. The molecule has 2 aromatic rings. The van der Waals surface area contributed by atoms with Crippen LogP contribution in [-0.4, -0.2) is 24.0 Å². The van der Waals surface area contributed by atoms with E-state index in [0.29, 0.717) is 5.69 Å². The number of rotatable bonds is 7. The van der Waals surface area contributed by atoms with E-state index >= 15 is 0 Å². The molecule has 1 atom stereocenters. The number of aryl methyl sites for hydroxylation is 1. The zero-order valence-electron chi connectivity index (χ0n) is 13.1. The quantitative estimate of drug-likeness (QED) is 0.818. The number of anilines is 1. The maximum atomic E-state index is 11.5. The molecule has 0 aliphatic heterocycles. The highest BCUT2D eigenvalue weighted by Crippen LogP contribution is 2.17. The second kappa shape index (κ2) is 6.93. The lowest BCUT2D eigenvalue weighted by Crippen LogP contribution is -2.20. The molecule has 0 saturated carbocycles. The van der Waals surface area contributed by atoms with E-state index in [2.05, 4.69) is 22.1 Å². The van der Waals surface area contributed by atoms with Crippen molar-refractivity contribution >= 4 is 15.7 Å². The number of benzene rings is 1. The number of nitrogens with one attached hydrogen (secondary N) is 2. The number of sulfonamides is 1. The molecule has 6 nitrogen and oxygen atoms in total. The standard InChI is InChI=1S/C15H22N4O2S/c1-4-22(20,21)18-14-7-5-13(6-8-14)12(2)16-11-15-9-10-17-19(15)3/h5-10,12,16,18H,4,11H2,1-3H3/t12-/m0/s1. The normalized spacial score (nSPS) is 13.0. The van der Waals surface area contributed by atoms with E-state index < -0.39 is 10.0 Å². The van der Waals surface area contributed by atoms with Gasteiger partial charge in [-0.05, 0) is 37.6 Å². The van der Waals surface area contributed by atoms with E-state index in [9.17, 15) is 8.42 Å². The summed E-state index contributed by atoms with van der Waals surface area (Å²) in [6, 6.07) is 9.55. The second-order valence-electron chi connectivity index (χ2n) is 5.18. The van der Waals surface area contributed by atoms with Crippen molar-refractivity contribution in [1.82, 2.24) is 15.1 Å². The molecule has 0 aliphatic rings. The van der Waals surface area contributed by atoms with Crippen LogP contribution in [0.3, 0.4) is 0 Å². The van der Waals surface area contributed by atoms with Crippen molar-refractivity contribution in [1.29, 1.82) is 0 Å². The van der Waals surface area contributed by atoms with E-state index in [1.807, 2.05) is 29.9 Å². The molecule has 22 heavy (non-hydrogen) atoms. The summed E-state index contributed by atoms with van der Waals surface area (Å²) in [4.78, 5) is 0. The van der Waals surface area contributed by atoms with Gasteiger partial charge in [0.1, 0.15) is 0 Å². The van der Waals surface area contributed by atoms with Crippen LogP contribution in [0.5, 0.6) is 0 Å². The third kappa shape index (κ3) is 4.32. The van der Waals surface area contributed by atoms with Crippen LogP contribution in [0.2, 0.25) is 0 Å². The molecule has 2 N–H and O–H groups in total. The lowest BCUT2D eigenvalue weighted by atomic mass is 10.1. The van der Waals surface area contributed by atoms with Crippen LogP contribution < -0.4 is 10.0 Å². The summed E-state index contributed by atoms with van der Waals surface area (Å²) in [7, 11) is -1.31. The van der Waals surface area contributed by atoms with Gasteiger partial charge in [0.05, 0.1) is 11.4 Å². The molecule has 0 bridgehead atoms. The number of hydrogen-bond donors (Lipinski definition) is 2. The summed E-state index contributed by atoms with van der Waals surface area (Å²) in [6.45, 7) is 4.41. The molecule has 1 heterocycles. The smallest absolute Gasteiger partial charge is 0.232 e. The molecule has 1 aromatic carbocycles. The number of aromatic nitrogens is 2. The van der Waals surface area contributed by atoms with E-state index in [1.54, 1.807) is 25.3 Å². The van der Waals surface area contributed by atoms with Gasteiger partial charge >= 0.3 is 0 Å². The molecular weight excluding hydrogens is 300 g/mol. The van der Waals surface area contributed by atoms with Gasteiger partial charge in [-0.2, -0.15) is 5.10 Å². The minimum absolute atomic E-state index is 0.0669. The van der Waals surface area contributed by atoms with Gasteiger partial charge in [0, 0.05) is 31.5 Å². The molecule has 0 radical (unpaired) electrons. The molecule has 120 valence electrons. The minimum atomic E-state index is -3.23. The third-order valence-corrected chi connectivity index (χ3v) is 4.88. The minimum Gasteiger partial charge on any atom is -0.305 e. The molecule has 7 heteroatoms. The molecule has 2 rings (SSSR count). The Kier molecular flexibility index (Phi) is 5.20. The van der Waals surface area contributed by atoms with Gasteiger partial charge in [-0.15, -0.1) is 0 Å². The van der Waals surface area contributed by atoms with Crippen molar-refractivity contribution in [2.45, 2.75) is 26.4 Å². The molecule has 0 unspecified atom stereocenters. The van der Waals surface area contributed by atoms with Crippen LogP contribution in [0, 0.1) is 0 Å². The van der Waals surface area contributed by atoms with Crippen LogP contribution in [0.4, 0.5) is 5.69 Å². The summed E-state index contributed by atoms with van der Waals surface area (Å²) >= 11 is 0. The van der Waals surface area contributed by atoms with Crippen molar-refractivity contribution in [3.05, 3.63) is 47.8 Å². The van der Waals surface area contributed by atoms with Crippen molar-refractivity contribution in [2.75, 3.05) is 10.5 Å². The molecular formula is C15H22N4O2S. The predicted molar refractivity (Wildman–Crippen MR) is 88.0 cm³/mol. The first-order valence-corrected chi connectivity index (χ1v) is 8.87. The summed E-state index contributed by atoms with van der Waals surface area (Å²) in [6.07, 6.45) is 1.77. The Morgan fingerprint density at radius 3 is 2.45 bits per heavy atom. The highest BCUT2D eigenvalue weighted by Gasteiger charge is 2.09. The Labute approximate surface area is 131 Å². The SMILES string of the molecule is CCS(=O)(=O)Nc1ccc([C@H](C)NCc2ccnn2C)cc1. The molecule has 0 amide bonds. The second-order valence-corrected chi connectivity index (χ2v) is 7.19. The molecule has 0 aliphatic carbocycles. The van der Waals surface area contributed by atoms with Crippen molar-refractivity contribution in [3.63, 3.8) is 0 Å². The monoisotopic (exact) mass is 322 g/mol. The Morgan fingerprint density at radius 2 is 1.91 bits per heavy atom. The first kappa shape index (κ1) is 16.5. The van der Waals surface area contributed by atoms with Crippen LogP contribution in [0.15, 0.2) is 36.5 Å². The van der Waals surface area contributed by atoms with E-state index in [1.165, 1.54) is 0 Å². The lowest BCUT2D eigenvalue weighted by Gasteiger charge is -2.15. The molecule has 1 aromatic heterocycles. The van der Waals surface area contributed by atoms with Crippen molar-refractivity contribution in [3.8, 4) is 0 Å². The number of hydrogen-bond acceptors (Lipinski definition) is 4. The maximum Gasteiger partial charge on any atom is 0.232 e. The third-order valence-electron chi connectivity index (χ3n) is 3.58. The fraction of sp³-hybridized carbons (Fsp3) is 0.400. The topological polar surface area (TPSA) is 76.0 Å². The van der Waals surface area contributed by atoms with Crippen molar-refractivity contribution in [2.24, 2.45) is 7.05 Å². The van der Waals surface area contributed by atoms with Gasteiger partial charge in [0.25, 0.3) is 0 Å². The van der Waals surface area contributed by atoms with Gasteiger partial charge in [0.2, 0.25) is 10.0 Å². The highest BCUT2D eigenvalue weighted by atomic mass is 32.2. The van der Waals surface area contributed by atoms with Crippen LogP contribution in [0.1, 0.15) is 31.1 Å². The van der Waals surface area contributed by atoms with Gasteiger partial charge in [0.15, 0.2) is 0 Å². The van der Waals surface area contributed by atoms with Crippen LogP contribution in [0.25, 0.3) is 0 Å². The zero-order chi connectivity index (χ0) is 16.2. The van der Waals surface area contributed by atoms with E-state index in [0.717, 1.165) is 17.8 Å². The fourth-order valence-electron chi connectivity index (χ4n) is 2.04. The average Bonchev–Trinajstić information content (AvgIpc) is 2.90. The van der Waals surface area contributed by atoms with Gasteiger partial charge < -0.3 is 5.32 Å². The highest BCUT2D eigenvalue weighted by molar-refractivity contribution is 7.92. The Morgan fingerprint density at radius 1 is 1.23 bits per heavy atom. The first-order chi connectivity index (χ1) is 10.4. The number of nitrogens with zero attached hydrogens (tertiary/aromatic N) is 2. The summed E-state index contributed by atoms with van der Waals surface area (Å²) in [5.74, 6) is 0.0669. The predicted octanol–water partition coefficient (Wildman–Crippen LogP) is 2.03. The Hall–Kier alpha value is -1.86. The lowest BCUT2D eigenvalue weighted by molar-refractivity contribution is 0.548. The summed E-state index contributed by atoms with van der Waals surface area (Å²) in [5.41, 5.74) is 2.80. The maximum absolute atomic E-state index is 11.5. The summed E-state index contributed by atoms with van der Waals surface area (Å²) < 4.78 is 27.4. The zero-order valence-corrected chi connectivity index (χ0v) is 13.9.